The Labute approximate surface area is 219 Å². The van der Waals surface area contributed by atoms with Gasteiger partial charge in [0.25, 0.3) is 0 Å². The van der Waals surface area contributed by atoms with Gasteiger partial charge in [0.1, 0.15) is 0 Å². The molecule has 2 fully saturated rings. The summed E-state index contributed by atoms with van der Waals surface area (Å²) in [6.45, 7) is 4.57. The second-order valence-corrected chi connectivity index (χ2v) is 10.3. The minimum absolute atomic E-state index is 0.670. The van der Waals surface area contributed by atoms with E-state index in [1.54, 1.807) is 0 Å². The lowest BCUT2D eigenvalue weighted by atomic mass is 9.94. The highest BCUT2D eigenvalue weighted by Crippen LogP contribution is 2.31. The Morgan fingerprint density at radius 1 is 0.784 bits per heavy atom. The molecular formula is C32H33N5. The Hall–Kier alpha value is -3.88. The Morgan fingerprint density at radius 3 is 2.24 bits per heavy atom. The number of anilines is 3. The van der Waals surface area contributed by atoms with Gasteiger partial charge in [0.2, 0.25) is 0 Å². The predicted molar refractivity (Wildman–Crippen MR) is 152 cm³/mol. The third kappa shape index (κ3) is 5.16. The fourth-order valence-electron chi connectivity index (χ4n) is 5.87. The maximum absolute atomic E-state index is 9.10. The molecule has 2 heterocycles. The molecule has 1 aromatic heterocycles. The largest absolute Gasteiger partial charge is 0.369 e. The highest BCUT2D eigenvalue weighted by Gasteiger charge is 2.25. The van der Waals surface area contributed by atoms with Crippen molar-refractivity contribution in [1.29, 1.82) is 5.26 Å². The van der Waals surface area contributed by atoms with Gasteiger partial charge in [-0.1, -0.05) is 37.5 Å². The van der Waals surface area contributed by atoms with Gasteiger partial charge in [0, 0.05) is 60.9 Å². The zero-order chi connectivity index (χ0) is 25.0. The van der Waals surface area contributed by atoms with Crippen LogP contribution in [0.25, 0.3) is 22.0 Å². The monoisotopic (exact) mass is 487 g/mol. The van der Waals surface area contributed by atoms with Gasteiger partial charge in [-0.15, -0.1) is 0 Å². The molecule has 6 rings (SSSR count). The average Bonchev–Trinajstić information content (AvgIpc) is 2.98. The lowest BCUT2D eigenvalue weighted by Gasteiger charge is -2.41. The minimum Gasteiger partial charge on any atom is -0.369 e. The fourth-order valence-corrected chi connectivity index (χ4v) is 5.87. The number of pyridine rings is 1. The smallest absolute Gasteiger partial charge is 0.0991 e. The van der Waals surface area contributed by atoms with E-state index in [4.69, 9.17) is 5.26 Å². The van der Waals surface area contributed by atoms with Crippen LogP contribution in [0, 0.1) is 11.3 Å². The van der Waals surface area contributed by atoms with Crippen molar-refractivity contribution in [1.82, 2.24) is 9.88 Å². The van der Waals surface area contributed by atoms with Crippen LogP contribution in [0.5, 0.6) is 0 Å². The van der Waals surface area contributed by atoms with Gasteiger partial charge in [-0.3, -0.25) is 9.88 Å². The first-order valence-electron chi connectivity index (χ1n) is 13.5. The van der Waals surface area contributed by atoms with Gasteiger partial charge in [-0.05, 0) is 78.6 Å². The summed E-state index contributed by atoms with van der Waals surface area (Å²) in [7, 11) is 0. The topological polar surface area (TPSA) is 55.2 Å². The van der Waals surface area contributed by atoms with E-state index in [-0.39, 0.29) is 0 Å². The third-order valence-corrected chi connectivity index (χ3v) is 8.01. The number of nitriles is 1. The number of nitrogens with zero attached hydrogens (tertiary/aromatic N) is 4. The number of nitrogens with one attached hydrogen (secondary N) is 1. The molecule has 0 bridgehead atoms. The van der Waals surface area contributed by atoms with Gasteiger partial charge in [-0.2, -0.15) is 5.26 Å². The van der Waals surface area contributed by atoms with Crippen LogP contribution in [0.1, 0.15) is 37.7 Å². The molecule has 1 N–H and O–H groups in total. The first kappa shape index (κ1) is 23.5. The molecule has 1 aliphatic carbocycles. The maximum atomic E-state index is 9.10. The van der Waals surface area contributed by atoms with Crippen LogP contribution < -0.4 is 10.2 Å². The van der Waals surface area contributed by atoms with E-state index in [1.807, 2.05) is 36.5 Å². The minimum atomic E-state index is 0.670. The summed E-state index contributed by atoms with van der Waals surface area (Å²) < 4.78 is 0. The van der Waals surface area contributed by atoms with Crippen LogP contribution in [0.15, 0.2) is 79.0 Å². The lowest BCUT2D eigenvalue weighted by Crippen LogP contribution is -2.50. The van der Waals surface area contributed by atoms with Crippen molar-refractivity contribution in [3.8, 4) is 17.2 Å². The molecule has 0 radical (unpaired) electrons. The molecule has 4 aromatic rings. The highest BCUT2D eigenvalue weighted by molar-refractivity contribution is 5.95. The zero-order valence-corrected chi connectivity index (χ0v) is 21.2. The standard InChI is InChI=1S/C32H33N5/c33-23-24-6-8-25(9-7-24)26-10-15-31-30(22-26)32(16-17-34-31)35-27-11-13-29(14-12-27)37-20-18-36(19-21-37)28-4-2-1-3-5-28/h6-17,22,28H,1-5,18-21H2,(H,34,35). The summed E-state index contributed by atoms with van der Waals surface area (Å²) in [6, 6.07) is 27.9. The maximum Gasteiger partial charge on any atom is 0.0991 e. The quantitative estimate of drug-likeness (QED) is 0.329. The average molecular weight is 488 g/mol. The summed E-state index contributed by atoms with van der Waals surface area (Å²) >= 11 is 0. The van der Waals surface area contributed by atoms with Gasteiger partial charge in [0.05, 0.1) is 17.1 Å². The first-order chi connectivity index (χ1) is 18.3. The van der Waals surface area contributed by atoms with Crippen molar-refractivity contribution in [3.63, 3.8) is 0 Å². The van der Waals surface area contributed by atoms with Crippen LogP contribution in [-0.4, -0.2) is 42.1 Å². The number of hydrogen-bond donors (Lipinski definition) is 1. The summed E-state index contributed by atoms with van der Waals surface area (Å²) in [5.74, 6) is 0. The molecule has 5 nitrogen and oxygen atoms in total. The fraction of sp³-hybridized carbons (Fsp3) is 0.312. The number of hydrogen-bond acceptors (Lipinski definition) is 5. The molecular weight excluding hydrogens is 454 g/mol. The van der Waals surface area contributed by atoms with E-state index in [2.05, 4.69) is 68.6 Å². The summed E-state index contributed by atoms with van der Waals surface area (Å²) in [4.78, 5) is 9.82. The molecule has 186 valence electrons. The number of rotatable bonds is 5. The SMILES string of the molecule is N#Cc1ccc(-c2ccc3nccc(Nc4ccc(N5CCN(C6CCCCC6)CC5)cc4)c3c2)cc1. The summed E-state index contributed by atoms with van der Waals surface area (Å²) in [5, 5.41) is 13.8. The Balaban J connectivity index is 1.15. The van der Waals surface area contributed by atoms with Crippen LogP contribution in [0.2, 0.25) is 0 Å². The molecule has 3 aromatic carbocycles. The van der Waals surface area contributed by atoms with E-state index in [0.717, 1.165) is 52.5 Å². The highest BCUT2D eigenvalue weighted by atomic mass is 15.3. The molecule has 1 aliphatic heterocycles. The molecule has 1 saturated carbocycles. The number of benzene rings is 3. The van der Waals surface area contributed by atoms with E-state index < -0.39 is 0 Å². The molecule has 0 spiro atoms. The van der Waals surface area contributed by atoms with Gasteiger partial charge < -0.3 is 10.2 Å². The van der Waals surface area contributed by atoms with E-state index in [1.165, 1.54) is 50.9 Å². The Kier molecular flexibility index (Phi) is 6.75. The summed E-state index contributed by atoms with van der Waals surface area (Å²) in [6.07, 6.45) is 8.86. The van der Waals surface area contributed by atoms with E-state index in [0.29, 0.717) is 5.56 Å². The lowest BCUT2D eigenvalue weighted by molar-refractivity contribution is 0.148. The first-order valence-corrected chi connectivity index (χ1v) is 13.5. The van der Waals surface area contributed by atoms with Crippen molar-refractivity contribution in [3.05, 3.63) is 84.6 Å². The number of fused-ring (bicyclic) bond motifs is 1. The molecule has 5 heteroatoms. The molecule has 1 saturated heterocycles. The van der Waals surface area contributed by atoms with Crippen molar-refractivity contribution in [2.24, 2.45) is 0 Å². The van der Waals surface area contributed by atoms with Crippen LogP contribution in [0.3, 0.4) is 0 Å². The summed E-state index contributed by atoms with van der Waals surface area (Å²) in [5.41, 5.74) is 7.23. The zero-order valence-electron chi connectivity index (χ0n) is 21.2. The van der Waals surface area contributed by atoms with Crippen molar-refractivity contribution in [2.75, 3.05) is 36.4 Å². The number of piperazine rings is 1. The second kappa shape index (κ2) is 10.6. The van der Waals surface area contributed by atoms with Crippen molar-refractivity contribution in [2.45, 2.75) is 38.1 Å². The molecule has 0 amide bonds. The molecule has 2 aliphatic rings. The predicted octanol–water partition coefficient (Wildman–Crippen LogP) is 6.97. The van der Waals surface area contributed by atoms with Gasteiger partial charge >= 0.3 is 0 Å². The Morgan fingerprint density at radius 2 is 1.51 bits per heavy atom. The number of aromatic nitrogens is 1. The molecule has 0 unspecified atom stereocenters. The Bertz CT molecular complexity index is 1390. The van der Waals surface area contributed by atoms with Gasteiger partial charge in [-0.25, -0.2) is 0 Å². The van der Waals surface area contributed by atoms with Crippen LogP contribution in [0.4, 0.5) is 17.1 Å². The van der Waals surface area contributed by atoms with Crippen molar-refractivity contribution >= 4 is 28.0 Å². The van der Waals surface area contributed by atoms with Crippen LogP contribution >= 0.6 is 0 Å². The second-order valence-electron chi connectivity index (χ2n) is 10.3. The third-order valence-electron chi connectivity index (χ3n) is 8.01. The van der Waals surface area contributed by atoms with E-state index in [9.17, 15) is 0 Å². The normalized spacial score (nSPS) is 17.0. The van der Waals surface area contributed by atoms with E-state index >= 15 is 0 Å². The molecule has 37 heavy (non-hydrogen) atoms. The van der Waals surface area contributed by atoms with Crippen molar-refractivity contribution < 1.29 is 0 Å². The molecule has 0 atom stereocenters. The van der Waals surface area contributed by atoms with Gasteiger partial charge in [0.15, 0.2) is 0 Å². The van der Waals surface area contributed by atoms with Crippen LogP contribution in [-0.2, 0) is 0 Å².